The van der Waals surface area contributed by atoms with E-state index in [1.165, 1.54) is 30.3 Å². The summed E-state index contributed by atoms with van der Waals surface area (Å²) in [6.45, 7) is 12.3. The molecule has 10 nitrogen and oxygen atoms in total. The highest BCUT2D eigenvalue weighted by Gasteiger charge is 2.31. The number of hydrogen-bond donors (Lipinski definition) is 4. The van der Waals surface area contributed by atoms with E-state index in [2.05, 4.69) is 31.3 Å². The molecule has 0 saturated carbocycles. The first-order chi connectivity index (χ1) is 22.1. The van der Waals surface area contributed by atoms with Crippen molar-refractivity contribution in [1.82, 2.24) is 4.73 Å². The maximum Gasteiger partial charge on any atom is 0.363 e. The molecule has 3 aliphatic rings. The monoisotopic (exact) mass is 631 g/mol. The number of fused-ring (bicyclic) bond motifs is 4. The maximum absolute atomic E-state index is 13.3. The molecule has 0 bridgehead atoms. The van der Waals surface area contributed by atoms with E-state index in [1.54, 1.807) is 0 Å². The second kappa shape index (κ2) is 10.1. The summed E-state index contributed by atoms with van der Waals surface area (Å²) in [5.74, 6) is -2.06. The first kappa shape index (κ1) is 29.9. The number of carboxylic acid groups (broad SMARTS) is 1. The Labute approximate surface area is 270 Å². The van der Waals surface area contributed by atoms with Crippen LogP contribution in [0.2, 0.25) is 0 Å². The molecule has 0 unspecified atom stereocenters. The second-order valence-electron chi connectivity index (χ2n) is 13.3. The van der Waals surface area contributed by atoms with Crippen molar-refractivity contribution in [3.05, 3.63) is 111 Å². The van der Waals surface area contributed by atoms with Crippen LogP contribution < -0.4 is 25.5 Å². The molecule has 47 heavy (non-hydrogen) atoms. The van der Waals surface area contributed by atoms with Gasteiger partial charge in [-0.15, -0.1) is 4.73 Å². The Morgan fingerprint density at radius 3 is 2.23 bits per heavy atom. The minimum atomic E-state index is -1.19. The lowest BCUT2D eigenvalue weighted by atomic mass is 9.84. The minimum absolute atomic E-state index is 0.00262. The van der Waals surface area contributed by atoms with Gasteiger partial charge < -0.3 is 30.2 Å². The van der Waals surface area contributed by atoms with E-state index >= 15 is 0 Å². The lowest BCUT2D eigenvalue weighted by molar-refractivity contribution is 0.0381. The van der Waals surface area contributed by atoms with Crippen LogP contribution in [-0.2, 0) is 0 Å². The van der Waals surface area contributed by atoms with E-state index in [9.17, 15) is 24.9 Å². The first-order valence-corrected chi connectivity index (χ1v) is 15.1. The van der Waals surface area contributed by atoms with E-state index in [-0.39, 0.29) is 22.2 Å². The molecule has 4 aromatic rings. The Hall–Kier alpha value is -5.77. The lowest BCUT2D eigenvalue weighted by Crippen LogP contribution is -2.32. The van der Waals surface area contributed by atoms with Crippen LogP contribution in [0.15, 0.2) is 71.7 Å². The number of hydrogen-bond acceptors (Lipinski definition) is 8. The van der Waals surface area contributed by atoms with Crippen LogP contribution in [0.1, 0.15) is 84.5 Å². The van der Waals surface area contributed by atoms with Gasteiger partial charge in [0.2, 0.25) is 11.8 Å². The molecule has 3 aliphatic heterocycles. The third-order valence-electron chi connectivity index (χ3n) is 8.57. The molecule has 4 heterocycles. The average molecular weight is 632 g/mol. The summed E-state index contributed by atoms with van der Waals surface area (Å²) < 4.78 is 7.17. The molecular formula is C37H33N3O7. The molecule has 7 rings (SSSR count). The van der Waals surface area contributed by atoms with E-state index in [4.69, 9.17) is 14.6 Å². The number of nitrogens with zero attached hydrogens (tertiary/aromatic N) is 2. The molecule has 10 heteroatoms. The van der Waals surface area contributed by atoms with Crippen molar-refractivity contribution < 1.29 is 34.5 Å². The Morgan fingerprint density at radius 1 is 0.830 bits per heavy atom. The highest BCUT2D eigenvalue weighted by Crippen LogP contribution is 2.44. The van der Waals surface area contributed by atoms with Crippen LogP contribution in [0.5, 0.6) is 23.3 Å². The standard InChI is InChI=1S/C37H33N3O7/c1-18-16-36(3,4)38-27-14-29-25(12-22(18)27)33(26-13-23-19(2)17-37(5,6)39-28(23)15-30(26)46-29)24-11-20(7-8-21(24)34(43)44)35(45)47-40-31(41)9-10-32(40)42/h7-17,38,41-42H,1-6H3,(H,43,44). The zero-order valence-electron chi connectivity index (χ0n) is 26.7. The van der Waals surface area contributed by atoms with Crippen molar-refractivity contribution >= 4 is 34.3 Å². The molecular weight excluding hydrogens is 598 g/mol. The summed E-state index contributed by atoms with van der Waals surface area (Å²) in [6.07, 6.45) is 4.22. The molecule has 0 radical (unpaired) electrons. The number of aromatic carboxylic acids is 1. The Morgan fingerprint density at radius 2 is 1.53 bits per heavy atom. The Bertz CT molecular complexity index is 2250. The smallest absolute Gasteiger partial charge is 0.363 e. The summed E-state index contributed by atoms with van der Waals surface area (Å²) in [6, 6.07) is 14.2. The van der Waals surface area contributed by atoms with Crippen LogP contribution in [0.25, 0.3) is 16.7 Å². The number of carbonyl (C=O) groups excluding carboxylic acids is 1. The molecule has 4 N–H and O–H groups in total. The summed E-state index contributed by atoms with van der Waals surface area (Å²) in [5, 5.41) is 35.4. The lowest BCUT2D eigenvalue weighted by Gasteiger charge is -2.33. The predicted octanol–water partition coefficient (Wildman–Crippen LogP) is 5.64. The van der Waals surface area contributed by atoms with Crippen LogP contribution in [-0.4, -0.2) is 43.1 Å². The molecule has 238 valence electrons. The van der Waals surface area contributed by atoms with Crippen molar-refractivity contribution in [1.29, 1.82) is 0 Å². The van der Waals surface area contributed by atoms with Gasteiger partial charge in [-0.2, -0.15) is 0 Å². The number of allylic oxidation sites excluding steroid dienone is 2. The molecule has 3 aromatic carbocycles. The van der Waals surface area contributed by atoms with Gasteiger partial charge in [-0.1, -0.05) is 12.2 Å². The second-order valence-corrected chi connectivity index (χ2v) is 13.3. The van der Waals surface area contributed by atoms with Gasteiger partial charge in [0.25, 0.3) is 0 Å². The van der Waals surface area contributed by atoms with Crippen LogP contribution in [0.3, 0.4) is 0 Å². The number of anilines is 1. The molecule has 0 aliphatic carbocycles. The number of carboxylic acids is 1. The molecule has 0 spiro atoms. The Balaban J connectivity index is 1.53. The fraction of sp³-hybridized carbons (Fsp3) is 0.216. The number of carbonyl (C=O) groups is 2. The van der Waals surface area contributed by atoms with E-state index in [0.717, 1.165) is 33.3 Å². The summed E-state index contributed by atoms with van der Waals surface area (Å²) in [5.41, 5.74) is 5.47. The van der Waals surface area contributed by atoms with Gasteiger partial charge in [-0.3, -0.25) is 4.99 Å². The number of nitrogens with one attached hydrogen (secondary N) is 1. The average Bonchev–Trinajstić information content (AvgIpc) is 3.29. The number of aromatic hydroxyl groups is 2. The van der Waals surface area contributed by atoms with Crippen molar-refractivity contribution in [2.24, 2.45) is 4.99 Å². The first-order valence-electron chi connectivity index (χ1n) is 15.1. The highest BCUT2D eigenvalue weighted by molar-refractivity contribution is 6.02. The fourth-order valence-electron chi connectivity index (χ4n) is 6.75. The van der Waals surface area contributed by atoms with E-state index < -0.39 is 29.2 Å². The van der Waals surface area contributed by atoms with Crippen molar-refractivity contribution in [2.45, 2.75) is 52.6 Å². The molecule has 0 atom stereocenters. The van der Waals surface area contributed by atoms with Gasteiger partial charge in [0.1, 0.15) is 11.5 Å². The topological polar surface area (TPSA) is 143 Å². The SMILES string of the molecule is CC1=CC(C)(C)Nc2cc3c(cc21)C(c1cc(C(=O)On2c(O)ccc2O)ccc1C(=O)O)=c1cc2c(cc1O3)=NC(C)(C)C=C2C. The van der Waals surface area contributed by atoms with Gasteiger partial charge in [0, 0.05) is 57.4 Å². The van der Waals surface area contributed by atoms with Gasteiger partial charge in [0.15, 0.2) is 0 Å². The van der Waals surface area contributed by atoms with Gasteiger partial charge in [-0.25, -0.2) is 9.59 Å². The van der Waals surface area contributed by atoms with E-state index in [1.807, 2.05) is 52.0 Å². The van der Waals surface area contributed by atoms with Gasteiger partial charge in [0.05, 0.1) is 27.6 Å². The zero-order valence-corrected chi connectivity index (χ0v) is 26.7. The number of benzene rings is 3. The molecule has 0 saturated heterocycles. The molecule has 0 fully saturated rings. The summed E-state index contributed by atoms with van der Waals surface area (Å²) in [7, 11) is 0. The quantitative estimate of drug-likeness (QED) is 0.200. The van der Waals surface area contributed by atoms with Gasteiger partial charge in [-0.05, 0) is 88.6 Å². The number of rotatable bonds is 4. The summed E-state index contributed by atoms with van der Waals surface area (Å²) in [4.78, 5) is 36.3. The Kier molecular flexibility index (Phi) is 6.44. The fourth-order valence-corrected chi connectivity index (χ4v) is 6.75. The van der Waals surface area contributed by atoms with E-state index in [0.29, 0.717) is 32.6 Å². The van der Waals surface area contributed by atoms with Crippen LogP contribution in [0, 0.1) is 0 Å². The van der Waals surface area contributed by atoms with Crippen molar-refractivity contribution in [2.75, 3.05) is 5.32 Å². The van der Waals surface area contributed by atoms with Crippen LogP contribution in [0.4, 0.5) is 5.69 Å². The normalized spacial score (nSPS) is 16.5. The highest BCUT2D eigenvalue weighted by atomic mass is 16.7. The maximum atomic E-state index is 13.3. The van der Waals surface area contributed by atoms with Crippen molar-refractivity contribution in [3.8, 4) is 23.3 Å². The molecule has 0 amide bonds. The predicted molar refractivity (Wildman–Crippen MR) is 177 cm³/mol. The van der Waals surface area contributed by atoms with Gasteiger partial charge >= 0.3 is 11.9 Å². The number of ether oxygens (including phenoxy) is 1. The van der Waals surface area contributed by atoms with Crippen molar-refractivity contribution in [3.63, 3.8) is 0 Å². The largest absolute Gasteiger partial charge is 0.492 e. The zero-order chi connectivity index (χ0) is 33.6. The van der Waals surface area contributed by atoms with Crippen LogP contribution >= 0.6 is 0 Å². The minimum Gasteiger partial charge on any atom is -0.492 e. The molecule has 1 aromatic heterocycles. The number of aromatic nitrogens is 1. The third kappa shape index (κ3) is 5.02. The summed E-state index contributed by atoms with van der Waals surface area (Å²) >= 11 is 0. The third-order valence-corrected chi connectivity index (χ3v) is 8.57.